The third kappa shape index (κ3) is 3.18. The molecule has 0 aromatic heterocycles. The fraction of sp³-hybridized carbons (Fsp3) is 0.0400. The predicted octanol–water partition coefficient (Wildman–Crippen LogP) is 5.99. The van der Waals surface area contributed by atoms with E-state index in [1.165, 1.54) is 30.3 Å². The normalized spacial score (nSPS) is 13.0. The molecular formula is C25H15BrN2O5. The first kappa shape index (κ1) is 20.8. The highest BCUT2D eigenvalue weighted by atomic mass is 79.9. The summed E-state index contributed by atoms with van der Waals surface area (Å²) in [5, 5.41) is 22.5. The molecule has 4 aromatic carbocycles. The first-order valence-corrected chi connectivity index (χ1v) is 10.8. The summed E-state index contributed by atoms with van der Waals surface area (Å²) in [5.74, 6) is -1.20. The van der Waals surface area contributed by atoms with E-state index in [0.29, 0.717) is 21.9 Å². The molecule has 0 saturated heterocycles. The van der Waals surface area contributed by atoms with Crippen LogP contribution in [0.25, 0.3) is 21.9 Å². The van der Waals surface area contributed by atoms with Gasteiger partial charge in [0.15, 0.2) is 0 Å². The van der Waals surface area contributed by atoms with E-state index in [9.17, 15) is 24.8 Å². The minimum Gasteiger partial charge on any atom is -0.508 e. The Bertz CT molecular complexity index is 1510. The molecule has 0 radical (unpaired) electrons. The van der Waals surface area contributed by atoms with Gasteiger partial charge in [-0.3, -0.25) is 19.7 Å². The lowest BCUT2D eigenvalue weighted by molar-refractivity contribution is -0.384. The molecule has 0 spiro atoms. The van der Waals surface area contributed by atoms with Crippen LogP contribution >= 0.6 is 15.9 Å². The molecule has 1 aliphatic rings. The molecule has 0 unspecified atom stereocenters. The van der Waals surface area contributed by atoms with Crippen molar-refractivity contribution in [3.8, 4) is 16.9 Å². The first-order valence-electron chi connectivity index (χ1n) is 9.96. The molecule has 1 heterocycles. The number of benzene rings is 4. The third-order valence-electron chi connectivity index (χ3n) is 5.76. The van der Waals surface area contributed by atoms with Crippen LogP contribution in [0.1, 0.15) is 26.3 Å². The molecule has 162 valence electrons. The minimum absolute atomic E-state index is 0.0109. The Morgan fingerprint density at radius 3 is 2.30 bits per heavy atom. The van der Waals surface area contributed by atoms with E-state index in [2.05, 4.69) is 15.9 Å². The van der Waals surface area contributed by atoms with Gasteiger partial charge in [-0.2, -0.15) is 0 Å². The predicted molar refractivity (Wildman–Crippen MR) is 128 cm³/mol. The van der Waals surface area contributed by atoms with Gasteiger partial charge < -0.3 is 5.11 Å². The second-order valence-corrected chi connectivity index (χ2v) is 8.58. The number of amides is 2. The molecule has 8 heteroatoms. The van der Waals surface area contributed by atoms with Gasteiger partial charge in [-0.1, -0.05) is 40.2 Å². The molecular weight excluding hydrogens is 488 g/mol. The van der Waals surface area contributed by atoms with Crippen LogP contribution in [0.3, 0.4) is 0 Å². The van der Waals surface area contributed by atoms with Crippen molar-refractivity contribution in [1.82, 2.24) is 0 Å². The van der Waals surface area contributed by atoms with E-state index in [0.717, 1.165) is 14.9 Å². The van der Waals surface area contributed by atoms with Crippen LogP contribution in [0.2, 0.25) is 0 Å². The van der Waals surface area contributed by atoms with Crippen molar-refractivity contribution >= 4 is 49.9 Å². The zero-order chi connectivity index (χ0) is 23.4. The van der Waals surface area contributed by atoms with Crippen molar-refractivity contribution in [1.29, 1.82) is 0 Å². The molecule has 5 rings (SSSR count). The molecule has 4 aromatic rings. The highest BCUT2D eigenvalue weighted by Gasteiger charge is 2.37. The fourth-order valence-electron chi connectivity index (χ4n) is 4.23. The van der Waals surface area contributed by atoms with Crippen molar-refractivity contribution < 1.29 is 19.6 Å². The molecule has 33 heavy (non-hydrogen) atoms. The summed E-state index contributed by atoms with van der Waals surface area (Å²) in [5.41, 5.74) is 2.28. The summed E-state index contributed by atoms with van der Waals surface area (Å²) in [6.07, 6.45) is 0. The first-order chi connectivity index (χ1) is 15.8. The molecule has 0 saturated carbocycles. The summed E-state index contributed by atoms with van der Waals surface area (Å²) < 4.78 is 0.867. The number of aromatic hydroxyl groups is 1. The van der Waals surface area contributed by atoms with Gasteiger partial charge in [0.05, 0.1) is 21.7 Å². The number of hydrogen-bond donors (Lipinski definition) is 1. The van der Waals surface area contributed by atoms with Gasteiger partial charge in [0, 0.05) is 21.5 Å². The molecule has 7 nitrogen and oxygen atoms in total. The van der Waals surface area contributed by atoms with Crippen LogP contribution in [0.4, 0.5) is 11.4 Å². The van der Waals surface area contributed by atoms with Crippen LogP contribution in [-0.4, -0.2) is 21.8 Å². The average molecular weight is 503 g/mol. The number of phenolic OH excluding ortho intramolecular Hbond substituents is 1. The van der Waals surface area contributed by atoms with Crippen LogP contribution < -0.4 is 4.90 Å². The Hall–Kier alpha value is -4.04. The number of halogens is 1. The van der Waals surface area contributed by atoms with Crippen LogP contribution in [0.15, 0.2) is 71.2 Å². The number of nitro benzene ring substituents is 1. The Balaban J connectivity index is 1.83. The largest absolute Gasteiger partial charge is 0.508 e. The maximum Gasteiger partial charge on any atom is 0.278 e. The Kier molecular flexibility index (Phi) is 4.75. The number of anilines is 1. The zero-order valence-electron chi connectivity index (χ0n) is 17.2. The monoisotopic (exact) mass is 502 g/mol. The number of carbonyl (C=O) groups excluding carboxylic acids is 2. The van der Waals surface area contributed by atoms with E-state index < -0.39 is 16.7 Å². The van der Waals surface area contributed by atoms with Crippen molar-refractivity contribution in [2.45, 2.75) is 6.92 Å². The second-order valence-electron chi connectivity index (χ2n) is 7.73. The minimum atomic E-state index is -0.656. The average Bonchev–Trinajstić information content (AvgIpc) is 2.79. The summed E-state index contributed by atoms with van der Waals surface area (Å²) >= 11 is 3.45. The summed E-state index contributed by atoms with van der Waals surface area (Å²) in [4.78, 5) is 39.4. The quantitative estimate of drug-likeness (QED) is 0.210. The highest BCUT2D eigenvalue weighted by Crippen LogP contribution is 2.43. The number of imide groups is 1. The lowest BCUT2D eigenvalue weighted by atomic mass is 9.87. The summed E-state index contributed by atoms with van der Waals surface area (Å²) in [6, 6.07) is 17.2. The van der Waals surface area contributed by atoms with Crippen molar-refractivity contribution in [2.75, 3.05) is 4.90 Å². The maximum absolute atomic E-state index is 13.4. The Labute approximate surface area is 196 Å². The summed E-state index contributed by atoms with van der Waals surface area (Å²) in [7, 11) is 0. The molecule has 0 atom stereocenters. The molecule has 2 amide bonds. The van der Waals surface area contributed by atoms with Crippen LogP contribution in [-0.2, 0) is 0 Å². The van der Waals surface area contributed by atoms with Crippen molar-refractivity contribution in [2.24, 2.45) is 0 Å². The van der Waals surface area contributed by atoms with E-state index >= 15 is 0 Å². The third-order valence-corrected chi connectivity index (χ3v) is 6.65. The lowest BCUT2D eigenvalue weighted by Gasteiger charge is -2.28. The Morgan fingerprint density at radius 2 is 1.64 bits per heavy atom. The van der Waals surface area contributed by atoms with E-state index in [1.807, 2.05) is 19.1 Å². The number of nitro groups is 1. The Morgan fingerprint density at radius 1 is 0.939 bits per heavy atom. The molecule has 0 aliphatic carbocycles. The highest BCUT2D eigenvalue weighted by molar-refractivity contribution is 9.10. The number of aryl methyl sites for hydroxylation is 1. The lowest BCUT2D eigenvalue weighted by Crippen LogP contribution is -2.40. The van der Waals surface area contributed by atoms with Crippen molar-refractivity contribution in [3.05, 3.63) is 98.0 Å². The zero-order valence-corrected chi connectivity index (χ0v) is 18.8. The number of nitrogens with zero attached hydrogens (tertiary/aromatic N) is 2. The number of carbonyl (C=O) groups is 2. The molecule has 1 aliphatic heterocycles. The topological polar surface area (TPSA) is 101 Å². The fourth-order valence-corrected chi connectivity index (χ4v) is 4.48. The van der Waals surface area contributed by atoms with Gasteiger partial charge in [0.1, 0.15) is 5.75 Å². The van der Waals surface area contributed by atoms with E-state index in [1.54, 1.807) is 24.3 Å². The maximum atomic E-state index is 13.4. The standard InChI is InChI=1S/C25H15BrN2O5/c1-13-11-14(5-10-20(13)26)22-17-3-2-4-18-23(17)19(12-21(22)28(32)33)25(31)27(24(18)30)15-6-8-16(29)9-7-15/h2-12,29H,1H3. The molecule has 0 bridgehead atoms. The second kappa shape index (κ2) is 7.53. The van der Waals surface area contributed by atoms with Gasteiger partial charge in [-0.15, -0.1) is 0 Å². The van der Waals surface area contributed by atoms with E-state index in [4.69, 9.17) is 0 Å². The van der Waals surface area contributed by atoms with Gasteiger partial charge in [-0.05, 0) is 59.8 Å². The summed E-state index contributed by atoms with van der Waals surface area (Å²) in [6.45, 7) is 1.88. The van der Waals surface area contributed by atoms with Gasteiger partial charge >= 0.3 is 0 Å². The molecule has 1 N–H and O–H groups in total. The van der Waals surface area contributed by atoms with E-state index in [-0.39, 0.29) is 28.3 Å². The van der Waals surface area contributed by atoms with Gasteiger partial charge in [0.25, 0.3) is 17.5 Å². The van der Waals surface area contributed by atoms with Crippen LogP contribution in [0, 0.1) is 17.0 Å². The number of hydrogen-bond acceptors (Lipinski definition) is 5. The number of phenols is 1. The smallest absolute Gasteiger partial charge is 0.278 e. The molecule has 0 fully saturated rings. The van der Waals surface area contributed by atoms with Gasteiger partial charge in [-0.25, -0.2) is 4.90 Å². The van der Waals surface area contributed by atoms with Crippen molar-refractivity contribution in [3.63, 3.8) is 0 Å². The number of rotatable bonds is 3. The van der Waals surface area contributed by atoms with Gasteiger partial charge in [0.2, 0.25) is 0 Å². The van der Waals surface area contributed by atoms with Crippen LogP contribution in [0.5, 0.6) is 5.75 Å². The SMILES string of the molecule is Cc1cc(-c2c([N+](=O)[O-])cc3c4c(cccc24)C(=O)N(c2ccc(O)cc2)C3=O)ccc1Br.